The predicted octanol–water partition coefficient (Wildman–Crippen LogP) is 2.65. The molecule has 5 heteroatoms. The van der Waals surface area contributed by atoms with Crippen molar-refractivity contribution >= 4 is 23.4 Å². The Morgan fingerprint density at radius 2 is 1.65 bits per heavy atom. The number of benzene rings is 1. The third-order valence-corrected chi connectivity index (χ3v) is 10.2. The topological polar surface area (TPSA) is 54.4 Å². The van der Waals surface area contributed by atoms with Crippen molar-refractivity contribution in [2.75, 3.05) is 0 Å². The molecular weight excluding hydrogens is 252 g/mol. The molecule has 0 aliphatic carbocycles. The predicted molar refractivity (Wildman–Crippen MR) is 73.1 cm³/mol. The summed E-state index contributed by atoms with van der Waals surface area (Å²) in [5.74, 6) is 0. The van der Waals surface area contributed by atoms with E-state index in [1.54, 1.807) is 12.1 Å². The van der Waals surface area contributed by atoms with Crippen LogP contribution in [0.5, 0.6) is 0 Å². The van der Waals surface area contributed by atoms with Gasteiger partial charge >= 0.3 is 0 Å². The highest BCUT2D eigenvalue weighted by Gasteiger charge is 2.29. The van der Waals surface area contributed by atoms with Crippen molar-refractivity contribution in [1.82, 2.24) is 0 Å². The third kappa shape index (κ3) is 2.97. The van der Waals surface area contributed by atoms with Gasteiger partial charge in [0.25, 0.3) is 10.1 Å². The van der Waals surface area contributed by atoms with Gasteiger partial charge in [0, 0.05) is 0 Å². The summed E-state index contributed by atoms with van der Waals surface area (Å²) in [6, 6.07) is 10.1. The molecular formula is C12H20O3SSi. The minimum Gasteiger partial charge on any atom is -0.282 e. The van der Waals surface area contributed by atoms with Crippen LogP contribution in [-0.2, 0) is 10.1 Å². The molecule has 17 heavy (non-hydrogen) atoms. The second-order valence-electron chi connectivity index (χ2n) is 4.34. The van der Waals surface area contributed by atoms with E-state index in [0.29, 0.717) is 0 Å². The molecule has 1 rings (SSSR count). The molecule has 0 aliphatic heterocycles. The zero-order chi connectivity index (χ0) is 13.1. The van der Waals surface area contributed by atoms with E-state index in [0.717, 1.165) is 23.3 Å². The van der Waals surface area contributed by atoms with Crippen LogP contribution in [0.3, 0.4) is 0 Å². The largest absolute Gasteiger partial charge is 0.294 e. The summed E-state index contributed by atoms with van der Waals surface area (Å²) in [6.07, 6.45) is 0. The number of hydrogen-bond donors (Lipinski definition) is 1. The summed E-state index contributed by atoms with van der Waals surface area (Å²) in [4.78, 5) is 0.0159. The van der Waals surface area contributed by atoms with Crippen LogP contribution in [0.4, 0.5) is 0 Å². The highest BCUT2D eigenvalue weighted by atomic mass is 32.2. The molecule has 1 aromatic carbocycles. The molecule has 0 radical (unpaired) electrons. The van der Waals surface area contributed by atoms with Crippen molar-refractivity contribution in [3.63, 3.8) is 0 Å². The second kappa shape index (κ2) is 5.33. The Morgan fingerprint density at radius 1 is 1.12 bits per heavy atom. The minimum absolute atomic E-state index is 0.0159. The summed E-state index contributed by atoms with van der Waals surface area (Å²) in [6.45, 7) is 6.50. The summed E-state index contributed by atoms with van der Waals surface area (Å²) in [5, 5.41) is 1.13. The average molecular weight is 272 g/mol. The van der Waals surface area contributed by atoms with Crippen molar-refractivity contribution in [3.05, 3.63) is 24.3 Å². The first-order valence-electron chi connectivity index (χ1n) is 5.97. The molecule has 0 aromatic heterocycles. The summed E-state index contributed by atoms with van der Waals surface area (Å²) >= 11 is 0. The van der Waals surface area contributed by atoms with E-state index in [2.05, 4.69) is 20.8 Å². The van der Waals surface area contributed by atoms with Gasteiger partial charge in [-0.3, -0.25) is 4.55 Å². The molecule has 0 spiro atoms. The SMILES string of the molecule is CC[Si](CC)(CC)c1cccc(S(=O)(=O)O)c1. The summed E-state index contributed by atoms with van der Waals surface area (Å²) in [7, 11) is -5.67. The fraction of sp³-hybridized carbons (Fsp3) is 0.500. The molecule has 0 fully saturated rings. The van der Waals surface area contributed by atoms with E-state index in [1.807, 2.05) is 6.07 Å². The number of rotatable bonds is 5. The lowest BCUT2D eigenvalue weighted by molar-refractivity contribution is 0.483. The monoisotopic (exact) mass is 272 g/mol. The van der Waals surface area contributed by atoms with Gasteiger partial charge in [-0.2, -0.15) is 8.42 Å². The Kier molecular flexibility index (Phi) is 4.52. The zero-order valence-corrected chi connectivity index (χ0v) is 12.4. The van der Waals surface area contributed by atoms with Crippen LogP contribution in [0.1, 0.15) is 20.8 Å². The molecule has 0 heterocycles. The van der Waals surface area contributed by atoms with E-state index < -0.39 is 18.2 Å². The standard InChI is InChI=1S/C12H20O3SSi/c1-4-17(5-2,6-3)12-9-7-8-11(10-12)16(13,14)15/h7-10H,4-6H2,1-3H3,(H,13,14,15). The van der Waals surface area contributed by atoms with Crippen LogP contribution < -0.4 is 5.19 Å². The summed E-state index contributed by atoms with van der Waals surface area (Å²) in [5.41, 5.74) is 0. The highest BCUT2D eigenvalue weighted by Crippen LogP contribution is 2.21. The maximum Gasteiger partial charge on any atom is 0.294 e. The lowest BCUT2D eigenvalue weighted by Gasteiger charge is -2.28. The Hall–Kier alpha value is -0.653. The fourth-order valence-corrected chi connectivity index (χ4v) is 6.62. The minimum atomic E-state index is -4.09. The van der Waals surface area contributed by atoms with Gasteiger partial charge in [0.05, 0.1) is 13.0 Å². The van der Waals surface area contributed by atoms with Gasteiger partial charge in [-0.1, -0.05) is 56.2 Å². The van der Waals surface area contributed by atoms with Gasteiger partial charge in [0.1, 0.15) is 0 Å². The molecule has 0 bridgehead atoms. The smallest absolute Gasteiger partial charge is 0.282 e. The van der Waals surface area contributed by atoms with Crippen LogP contribution in [0.2, 0.25) is 18.1 Å². The normalized spacial score (nSPS) is 12.7. The molecule has 0 aliphatic rings. The maximum absolute atomic E-state index is 11.1. The lowest BCUT2D eigenvalue weighted by atomic mass is 10.4. The first-order chi connectivity index (χ1) is 7.89. The van der Waals surface area contributed by atoms with E-state index in [4.69, 9.17) is 4.55 Å². The van der Waals surface area contributed by atoms with Crippen LogP contribution in [-0.4, -0.2) is 21.0 Å². The molecule has 3 nitrogen and oxygen atoms in total. The van der Waals surface area contributed by atoms with Crippen molar-refractivity contribution in [1.29, 1.82) is 0 Å². The number of hydrogen-bond acceptors (Lipinski definition) is 2. The van der Waals surface area contributed by atoms with Gasteiger partial charge in [0.2, 0.25) is 0 Å². The van der Waals surface area contributed by atoms with E-state index in [-0.39, 0.29) is 4.90 Å². The first kappa shape index (κ1) is 14.4. The van der Waals surface area contributed by atoms with Crippen molar-refractivity contribution < 1.29 is 13.0 Å². The van der Waals surface area contributed by atoms with Crippen molar-refractivity contribution in [2.45, 2.75) is 43.8 Å². The molecule has 96 valence electrons. The Morgan fingerprint density at radius 3 is 2.06 bits per heavy atom. The van der Waals surface area contributed by atoms with Crippen LogP contribution in [0, 0.1) is 0 Å². The van der Waals surface area contributed by atoms with Gasteiger partial charge in [-0.25, -0.2) is 0 Å². The van der Waals surface area contributed by atoms with Crippen molar-refractivity contribution in [3.8, 4) is 0 Å². The molecule has 0 saturated carbocycles. The molecule has 0 unspecified atom stereocenters. The van der Waals surface area contributed by atoms with E-state index in [9.17, 15) is 8.42 Å². The summed E-state index contributed by atoms with van der Waals surface area (Å²) < 4.78 is 31.4. The highest BCUT2D eigenvalue weighted by molar-refractivity contribution is 7.85. The van der Waals surface area contributed by atoms with E-state index >= 15 is 0 Å². The fourth-order valence-electron chi connectivity index (χ4n) is 2.35. The van der Waals surface area contributed by atoms with Gasteiger partial charge in [0.15, 0.2) is 0 Å². The van der Waals surface area contributed by atoms with Crippen LogP contribution in [0.15, 0.2) is 29.2 Å². The molecule has 1 N–H and O–H groups in total. The van der Waals surface area contributed by atoms with Gasteiger partial charge in [-0.15, -0.1) is 0 Å². The maximum atomic E-state index is 11.1. The lowest BCUT2D eigenvalue weighted by Crippen LogP contribution is -2.45. The van der Waals surface area contributed by atoms with Crippen molar-refractivity contribution in [2.24, 2.45) is 0 Å². The molecule has 0 amide bonds. The molecule has 1 aromatic rings. The average Bonchev–Trinajstić information content (AvgIpc) is 2.31. The van der Waals surface area contributed by atoms with E-state index in [1.165, 1.54) is 6.07 Å². The first-order valence-corrected chi connectivity index (χ1v) is 10.0. The Balaban J connectivity index is 3.32. The quantitative estimate of drug-likeness (QED) is 0.662. The zero-order valence-electron chi connectivity index (χ0n) is 10.6. The molecule has 0 saturated heterocycles. The van der Waals surface area contributed by atoms with Crippen LogP contribution in [0.25, 0.3) is 0 Å². The van der Waals surface area contributed by atoms with Gasteiger partial charge < -0.3 is 0 Å². The Bertz CT molecular complexity index is 470. The third-order valence-electron chi connectivity index (χ3n) is 3.77. The Labute approximate surface area is 105 Å². The molecule has 0 atom stereocenters. The second-order valence-corrected chi connectivity index (χ2v) is 11.0. The van der Waals surface area contributed by atoms with Gasteiger partial charge in [-0.05, 0) is 12.1 Å². The van der Waals surface area contributed by atoms with Crippen LogP contribution >= 0.6 is 0 Å².